The summed E-state index contributed by atoms with van der Waals surface area (Å²) >= 11 is 12.8. The molecule has 3 heterocycles. The number of halogens is 2. The predicted octanol–water partition coefficient (Wildman–Crippen LogP) is 5.20. The zero-order valence-electron chi connectivity index (χ0n) is 20.8. The van der Waals surface area contributed by atoms with Gasteiger partial charge in [0.05, 0.1) is 11.7 Å². The van der Waals surface area contributed by atoms with Crippen molar-refractivity contribution in [3.05, 3.63) is 106 Å². The normalized spacial score (nSPS) is 13.1. The molecule has 1 amide bonds. The molecule has 1 aliphatic rings. The SMILES string of the molecule is O=C(/C=C/c1cc(Cl)ccc1-n1cnnn1)N[C@@H](Cc1ccccc1)c1nc(-c2ccc3c(c2)OCO3)c(Cl)[nH]1. The molecule has 10 nitrogen and oxygen atoms in total. The molecule has 2 aromatic heterocycles. The number of amides is 1. The van der Waals surface area contributed by atoms with Crippen LogP contribution in [0.5, 0.6) is 11.5 Å². The second kappa shape index (κ2) is 11.2. The van der Waals surface area contributed by atoms with E-state index >= 15 is 0 Å². The van der Waals surface area contributed by atoms with Crippen molar-refractivity contribution in [2.24, 2.45) is 0 Å². The van der Waals surface area contributed by atoms with Gasteiger partial charge in [-0.3, -0.25) is 4.79 Å². The molecule has 0 saturated heterocycles. The minimum absolute atomic E-state index is 0.170. The monoisotopic (exact) mass is 573 g/mol. The molecule has 5 aromatic rings. The Balaban J connectivity index is 1.28. The Morgan fingerprint density at radius 3 is 2.75 bits per heavy atom. The number of carbonyl (C=O) groups is 1. The highest BCUT2D eigenvalue weighted by Gasteiger charge is 2.22. The van der Waals surface area contributed by atoms with Gasteiger partial charge in [-0.1, -0.05) is 53.5 Å². The third-order valence-electron chi connectivity index (χ3n) is 6.25. The minimum atomic E-state index is -0.502. The van der Waals surface area contributed by atoms with Crippen molar-refractivity contribution in [2.45, 2.75) is 12.5 Å². The molecule has 40 heavy (non-hydrogen) atoms. The van der Waals surface area contributed by atoms with Crippen LogP contribution in [0.1, 0.15) is 23.0 Å². The number of carbonyl (C=O) groups excluding carboxylic acids is 1. The van der Waals surface area contributed by atoms with Crippen molar-refractivity contribution < 1.29 is 14.3 Å². The van der Waals surface area contributed by atoms with E-state index < -0.39 is 6.04 Å². The van der Waals surface area contributed by atoms with Crippen LogP contribution in [0.3, 0.4) is 0 Å². The van der Waals surface area contributed by atoms with Gasteiger partial charge in [0.2, 0.25) is 12.7 Å². The zero-order chi connectivity index (χ0) is 27.5. The van der Waals surface area contributed by atoms with Crippen LogP contribution in [-0.2, 0) is 11.2 Å². The first-order valence-corrected chi connectivity index (χ1v) is 13.0. The molecule has 0 radical (unpaired) electrons. The van der Waals surface area contributed by atoms with Gasteiger partial charge in [-0.05, 0) is 64.9 Å². The Hall–Kier alpha value is -4.67. The summed E-state index contributed by atoms with van der Waals surface area (Å²) in [6.45, 7) is 0.170. The van der Waals surface area contributed by atoms with E-state index in [2.05, 4.69) is 25.8 Å². The lowest BCUT2D eigenvalue weighted by atomic mass is 10.1. The van der Waals surface area contributed by atoms with Gasteiger partial charge >= 0.3 is 0 Å². The number of rotatable bonds is 8. The largest absolute Gasteiger partial charge is 0.454 e. The maximum absolute atomic E-state index is 13.2. The van der Waals surface area contributed by atoms with Crippen molar-refractivity contribution in [3.63, 3.8) is 0 Å². The van der Waals surface area contributed by atoms with Crippen LogP contribution in [-0.4, -0.2) is 42.9 Å². The number of hydrogen-bond donors (Lipinski definition) is 2. The Kier molecular flexibility index (Phi) is 7.17. The van der Waals surface area contributed by atoms with E-state index in [9.17, 15) is 4.79 Å². The number of tetrazole rings is 1. The third kappa shape index (κ3) is 5.54. The fraction of sp³-hybridized carbons (Fsp3) is 0.107. The van der Waals surface area contributed by atoms with Crippen LogP contribution in [0.25, 0.3) is 23.0 Å². The fourth-order valence-corrected chi connectivity index (χ4v) is 4.79. The highest BCUT2D eigenvalue weighted by atomic mass is 35.5. The number of H-pyrrole nitrogens is 1. The van der Waals surface area contributed by atoms with Gasteiger partial charge < -0.3 is 19.8 Å². The van der Waals surface area contributed by atoms with Gasteiger partial charge in [-0.25, -0.2) is 4.98 Å². The maximum atomic E-state index is 13.2. The number of aromatic nitrogens is 6. The first kappa shape index (κ1) is 25.6. The summed E-state index contributed by atoms with van der Waals surface area (Å²) in [5.41, 5.74) is 3.66. The molecule has 1 atom stereocenters. The molecular formula is C28H21Cl2N7O3. The highest BCUT2D eigenvalue weighted by molar-refractivity contribution is 6.32. The highest BCUT2D eigenvalue weighted by Crippen LogP contribution is 2.37. The number of aromatic amines is 1. The molecule has 0 fully saturated rings. The number of ether oxygens (including phenoxy) is 2. The third-order valence-corrected chi connectivity index (χ3v) is 6.76. The van der Waals surface area contributed by atoms with Crippen molar-refractivity contribution in [1.29, 1.82) is 0 Å². The summed E-state index contributed by atoms with van der Waals surface area (Å²) in [7, 11) is 0. The summed E-state index contributed by atoms with van der Waals surface area (Å²) in [5.74, 6) is 1.47. The molecule has 0 bridgehead atoms. The van der Waals surface area contributed by atoms with Gasteiger partial charge in [0.25, 0.3) is 0 Å². The molecule has 0 saturated carbocycles. The molecular weight excluding hydrogens is 553 g/mol. The van der Waals surface area contributed by atoms with E-state index in [1.807, 2.05) is 48.5 Å². The number of nitrogens with one attached hydrogen (secondary N) is 2. The summed E-state index contributed by atoms with van der Waals surface area (Å²) < 4.78 is 12.4. The van der Waals surface area contributed by atoms with Crippen molar-refractivity contribution in [1.82, 2.24) is 35.5 Å². The van der Waals surface area contributed by atoms with E-state index in [-0.39, 0.29) is 12.7 Å². The smallest absolute Gasteiger partial charge is 0.244 e. The van der Waals surface area contributed by atoms with Crippen LogP contribution >= 0.6 is 23.2 Å². The van der Waals surface area contributed by atoms with E-state index in [1.54, 1.807) is 24.3 Å². The maximum Gasteiger partial charge on any atom is 0.244 e. The van der Waals surface area contributed by atoms with Gasteiger partial charge in [-0.15, -0.1) is 5.10 Å². The molecule has 1 aliphatic heterocycles. The van der Waals surface area contributed by atoms with Gasteiger partial charge in [0.1, 0.15) is 23.0 Å². The second-order valence-electron chi connectivity index (χ2n) is 8.89. The van der Waals surface area contributed by atoms with Gasteiger partial charge in [0, 0.05) is 22.2 Å². The van der Waals surface area contributed by atoms with Gasteiger partial charge in [0.15, 0.2) is 11.5 Å². The average molecular weight is 574 g/mol. The van der Waals surface area contributed by atoms with Crippen LogP contribution < -0.4 is 14.8 Å². The summed E-state index contributed by atoms with van der Waals surface area (Å²) in [6, 6.07) is 20.0. The van der Waals surface area contributed by atoms with Gasteiger partial charge in [-0.2, -0.15) is 4.68 Å². The standard InChI is InChI=1S/C28H21Cl2N7O3/c29-20-8-9-22(37-15-31-35-36-37)18(13-20)7-11-25(38)32-21(12-17-4-2-1-3-5-17)28-33-26(27(30)34-28)19-6-10-23-24(14-19)40-16-39-23/h1-11,13-15,21H,12,16H2,(H,32,38)(H,33,34)/b11-7+/t21-/m0/s1. The summed E-state index contributed by atoms with van der Waals surface area (Å²) in [5, 5.41) is 15.2. The molecule has 0 unspecified atom stereocenters. The van der Waals surface area contributed by atoms with E-state index in [4.69, 9.17) is 37.7 Å². The Labute approximate surface area is 238 Å². The number of imidazole rings is 1. The number of hydrogen-bond acceptors (Lipinski definition) is 7. The van der Waals surface area contributed by atoms with Crippen LogP contribution in [0.2, 0.25) is 10.2 Å². The Morgan fingerprint density at radius 1 is 1.07 bits per heavy atom. The first-order valence-electron chi connectivity index (χ1n) is 12.2. The molecule has 0 spiro atoms. The van der Waals surface area contributed by atoms with E-state index in [0.29, 0.717) is 50.9 Å². The summed E-state index contributed by atoms with van der Waals surface area (Å²) in [4.78, 5) is 21.1. The Bertz CT molecular complexity index is 1690. The quantitative estimate of drug-likeness (QED) is 0.245. The molecule has 0 aliphatic carbocycles. The number of benzene rings is 3. The summed E-state index contributed by atoms with van der Waals surface area (Å²) in [6.07, 6.45) is 5.04. The molecule has 12 heteroatoms. The zero-order valence-corrected chi connectivity index (χ0v) is 22.3. The predicted molar refractivity (Wildman–Crippen MR) is 149 cm³/mol. The molecule has 3 aromatic carbocycles. The van der Waals surface area contributed by atoms with E-state index in [1.165, 1.54) is 17.1 Å². The first-order chi connectivity index (χ1) is 19.5. The molecule has 200 valence electrons. The van der Waals surface area contributed by atoms with Crippen molar-refractivity contribution in [3.8, 4) is 28.4 Å². The lowest BCUT2D eigenvalue weighted by Crippen LogP contribution is -2.29. The average Bonchev–Trinajstić information content (AvgIpc) is 3.73. The molecule has 6 rings (SSSR count). The Morgan fingerprint density at radius 2 is 1.93 bits per heavy atom. The van der Waals surface area contributed by atoms with Crippen LogP contribution in [0.15, 0.2) is 79.1 Å². The van der Waals surface area contributed by atoms with Crippen LogP contribution in [0.4, 0.5) is 0 Å². The second-order valence-corrected chi connectivity index (χ2v) is 9.71. The van der Waals surface area contributed by atoms with Crippen molar-refractivity contribution in [2.75, 3.05) is 6.79 Å². The lowest BCUT2D eigenvalue weighted by molar-refractivity contribution is -0.117. The van der Waals surface area contributed by atoms with E-state index in [0.717, 1.165) is 11.1 Å². The topological polar surface area (TPSA) is 120 Å². The number of fused-ring (bicyclic) bond motifs is 1. The minimum Gasteiger partial charge on any atom is -0.454 e. The molecule has 2 N–H and O–H groups in total. The fourth-order valence-electron chi connectivity index (χ4n) is 4.36. The van der Waals surface area contributed by atoms with Crippen LogP contribution in [0, 0.1) is 0 Å². The number of nitrogens with zero attached hydrogens (tertiary/aromatic N) is 5. The van der Waals surface area contributed by atoms with Crippen molar-refractivity contribution >= 4 is 35.2 Å². The lowest BCUT2D eigenvalue weighted by Gasteiger charge is -2.16.